The predicted molar refractivity (Wildman–Crippen MR) is 253 cm³/mol. The van der Waals surface area contributed by atoms with Crippen molar-refractivity contribution in [1.29, 1.82) is 0 Å². The number of carboxylic acids is 2. The number of unbranched alkanes of at least 4 members (excludes halogenated alkanes) is 1. The van der Waals surface area contributed by atoms with Gasteiger partial charge in [-0.15, -0.1) is 0 Å². The number of nitrogens with zero attached hydrogens (tertiary/aromatic N) is 2. The molecule has 18 N–H and O–H groups in total. The minimum Gasteiger partial charge on any atom is -0.481 e. The number of hydrogen-bond donors (Lipinski definition) is 15. The molecule has 1 aromatic heterocycles. The van der Waals surface area contributed by atoms with E-state index in [2.05, 4.69) is 47.2 Å². The molecule has 1 aliphatic heterocycles. The number of aromatic amines is 1. The topological polar surface area (TPSA) is 463 Å². The van der Waals surface area contributed by atoms with Crippen LogP contribution in [0.25, 0.3) is 0 Å². The van der Waals surface area contributed by atoms with E-state index in [1.807, 2.05) is 0 Å². The Morgan fingerprint density at radius 2 is 1.26 bits per heavy atom. The maximum Gasteiger partial charge on any atom is 0.326 e. The second kappa shape index (κ2) is 30.8. The average molecular weight is 1020 g/mol. The van der Waals surface area contributed by atoms with E-state index in [9.17, 15) is 73.2 Å². The zero-order valence-corrected chi connectivity index (χ0v) is 41.0. The summed E-state index contributed by atoms with van der Waals surface area (Å²) in [6, 6.07) is -13.4. The van der Waals surface area contributed by atoms with Crippen molar-refractivity contribution in [2.24, 2.45) is 29.0 Å². The lowest BCUT2D eigenvalue weighted by atomic mass is 9.97. The second-order valence-electron chi connectivity index (χ2n) is 18.0. The van der Waals surface area contributed by atoms with Gasteiger partial charge in [-0.3, -0.25) is 47.9 Å². The highest BCUT2D eigenvalue weighted by molar-refractivity contribution is 5.99. The molecule has 0 unspecified atom stereocenters. The monoisotopic (exact) mass is 1020 g/mol. The summed E-state index contributed by atoms with van der Waals surface area (Å²) in [5.41, 5.74) is 17.4. The fourth-order valence-corrected chi connectivity index (χ4v) is 7.58. The minimum atomic E-state index is -1.87. The number of H-pyrrole nitrogens is 1. The van der Waals surface area contributed by atoms with E-state index < -0.39 is 151 Å². The van der Waals surface area contributed by atoms with Crippen LogP contribution in [0.4, 0.5) is 0 Å². The van der Waals surface area contributed by atoms with E-state index in [-0.39, 0.29) is 64.0 Å². The molecule has 1 fully saturated rings. The molecule has 1 aliphatic rings. The lowest BCUT2D eigenvalue weighted by Gasteiger charge is -2.30. The van der Waals surface area contributed by atoms with Crippen molar-refractivity contribution < 1.29 is 73.2 Å². The van der Waals surface area contributed by atoms with Gasteiger partial charge in [0.1, 0.15) is 48.3 Å². The summed E-state index contributed by atoms with van der Waals surface area (Å²) in [4.78, 5) is 152. The highest BCUT2D eigenvalue weighted by Gasteiger charge is 2.40. The van der Waals surface area contributed by atoms with Crippen LogP contribution in [0.15, 0.2) is 12.5 Å². The Bertz CT molecular complexity index is 2020. The number of rotatable bonds is 33. The number of aliphatic hydroxyl groups excluding tert-OH is 2. The van der Waals surface area contributed by atoms with Gasteiger partial charge >= 0.3 is 11.9 Å². The van der Waals surface area contributed by atoms with Crippen molar-refractivity contribution in [3.63, 3.8) is 0 Å². The summed E-state index contributed by atoms with van der Waals surface area (Å²) in [6.07, 6.45) is 2.39. The van der Waals surface area contributed by atoms with Crippen molar-refractivity contribution in [2.45, 2.75) is 153 Å². The number of aliphatic carboxylic acids is 2. The molecule has 1 aromatic rings. The lowest BCUT2D eigenvalue weighted by molar-refractivity contribution is -0.149. The van der Waals surface area contributed by atoms with E-state index in [1.165, 1.54) is 12.5 Å². The van der Waals surface area contributed by atoms with Crippen molar-refractivity contribution in [3.05, 3.63) is 18.2 Å². The zero-order chi connectivity index (χ0) is 54.2. The molecule has 2 rings (SSSR count). The molecular weight excluding hydrogens is 951 g/mol. The first-order valence-electron chi connectivity index (χ1n) is 23.8. The van der Waals surface area contributed by atoms with Crippen molar-refractivity contribution >= 4 is 65.1 Å². The standard InChI is InChI=1S/C44H73N13O15/c1-5-23(4)35(42(69)55-31(20-59)41(68)54-30(19-58)40(67)53-29(15-22(2)3)43(70)57-14-8-10-32(57)44(71)72)56-38(65)26(9-6-7-13-45)51-39(66)28(17-34(61)62)52-37(64)27(11-12-33(47)60)50-36(63)25(46)16-24-18-48-21-49-24/h18,21-23,25-32,35,58-59H,5-17,19-20,45-46H2,1-4H3,(H2,47,60)(H,48,49)(H,50,63)(H,51,66)(H,52,64)(H,53,67)(H,54,68)(H,55,69)(H,56,65)(H,61,62)(H,71,72)/t23-,25-,26-,27-,28-,29-,30-,31-,32-,35-/m0/s1. The molecule has 72 heavy (non-hydrogen) atoms. The molecule has 0 aliphatic carbocycles. The fourth-order valence-electron chi connectivity index (χ4n) is 7.58. The van der Waals surface area contributed by atoms with Gasteiger partial charge < -0.3 is 84.7 Å². The smallest absolute Gasteiger partial charge is 0.326 e. The number of carboxylic acid groups (broad SMARTS) is 2. The maximum atomic E-state index is 14.0. The molecular formula is C44H73N13O15. The first-order valence-corrected chi connectivity index (χ1v) is 23.8. The van der Waals surface area contributed by atoms with Gasteiger partial charge in [0.25, 0.3) is 0 Å². The van der Waals surface area contributed by atoms with Gasteiger partial charge in [0.15, 0.2) is 0 Å². The van der Waals surface area contributed by atoms with Crippen LogP contribution in [0.3, 0.4) is 0 Å². The molecule has 0 spiro atoms. The number of carbonyl (C=O) groups excluding carboxylic acids is 9. The fraction of sp³-hybridized carbons (Fsp3) is 0.682. The third kappa shape index (κ3) is 20.1. The summed E-state index contributed by atoms with van der Waals surface area (Å²) in [5.74, 6) is -12.4. The molecule has 1 saturated heterocycles. The number of nitrogens with two attached hydrogens (primary N) is 3. The van der Waals surface area contributed by atoms with Crippen LogP contribution in [-0.4, -0.2) is 181 Å². The number of hydrogen-bond acceptors (Lipinski definition) is 16. The summed E-state index contributed by atoms with van der Waals surface area (Å²) in [6.45, 7) is 5.05. The molecule has 28 nitrogen and oxygen atoms in total. The molecule has 2 heterocycles. The number of imidazole rings is 1. The molecule has 0 radical (unpaired) electrons. The molecule has 0 bridgehead atoms. The number of likely N-dealkylation sites (tertiary alicyclic amines) is 1. The molecule has 9 amide bonds. The van der Waals surface area contributed by atoms with E-state index in [4.69, 9.17) is 17.2 Å². The van der Waals surface area contributed by atoms with Crippen molar-refractivity contribution in [2.75, 3.05) is 26.3 Å². The Morgan fingerprint density at radius 1 is 0.736 bits per heavy atom. The molecule has 0 saturated carbocycles. The number of primary amides is 1. The highest BCUT2D eigenvalue weighted by Crippen LogP contribution is 2.21. The number of carbonyl (C=O) groups is 11. The minimum absolute atomic E-state index is 0.0278. The zero-order valence-electron chi connectivity index (χ0n) is 41.0. The van der Waals surface area contributed by atoms with Crippen LogP contribution < -0.4 is 54.4 Å². The maximum absolute atomic E-state index is 14.0. The first kappa shape index (κ1) is 61.3. The summed E-state index contributed by atoms with van der Waals surface area (Å²) < 4.78 is 0. The molecule has 10 atom stereocenters. The Balaban J connectivity index is 2.28. The Morgan fingerprint density at radius 3 is 1.79 bits per heavy atom. The van der Waals surface area contributed by atoms with Gasteiger partial charge in [-0.05, 0) is 63.3 Å². The van der Waals surface area contributed by atoms with E-state index >= 15 is 0 Å². The van der Waals surface area contributed by atoms with Gasteiger partial charge in [0, 0.05) is 31.3 Å². The van der Waals surface area contributed by atoms with Crippen molar-refractivity contribution in [1.82, 2.24) is 52.1 Å². The van der Waals surface area contributed by atoms with Crippen LogP contribution in [0.1, 0.15) is 97.6 Å². The third-order valence-electron chi connectivity index (χ3n) is 11.8. The lowest BCUT2D eigenvalue weighted by Crippen LogP contribution is -2.62. The van der Waals surface area contributed by atoms with Gasteiger partial charge in [0.2, 0.25) is 53.2 Å². The Hall–Kier alpha value is -6.78. The van der Waals surface area contributed by atoms with Gasteiger partial charge in [-0.25, -0.2) is 9.78 Å². The first-order chi connectivity index (χ1) is 34.0. The number of nitrogens with one attached hydrogen (secondary N) is 8. The molecule has 28 heteroatoms. The third-order valence-corrected chi connectivity index (χ3v) is 11.8. The van der Waals surface area contributed by atoms with Gasteiger partial charge in [-0.2, -0.15) is 0 Å². The number of amides is 9. The van der Waals surface area contributed by atoms with Crippen LogP contribution in [0.2, 0.25) is 0 Å². The van der Waals surface area contributed by atoms with Crippen LogP contribution in [0, 0.1) is 11.8 Å². The van der Waals surface area contributed by atoms with Crippen LogP contribution in [0.5, 0.6) is 0 Å². The van der Waals surface area contributed by atoms with Gasteiger partial charge in [-0.1, -0.05) is 34.1 Å². The molecule has 404 valence electrons. The Labute approximate surface area is 415 Å². The summed E-state index contributed by atoms with van der Waals surface area (Å²) in [5, 5.41) is 56.3. The second-order valence-corrected chi connectivity index (χ2v) is 18.0. The Kier molecular flexibility index (Phi) is 26.3. The average Bonchev–Trinajstić information content (AvgIpc) is 4.04. The highest BCUT2D eigenvalue weighted by atomic mass is 16.4. The molecule has 0 aromatic carbocycles. The quantitative estimate of drug-likeness (QED) is 0.0292. The number of aliphatic hydroxyl groups is 2. The van der Waals surface area contributed by atoms with Crippen LogP contribution in [-0.2, 0) is 59.2 Å². The van der Waals surface area contributed by atoms with E-state index in [0.717, 1.165) is 4.90 Å². The largest absolute Gasteiger partial charge is 0.481 e. The van der Waals surface area contributed by atoms with E-state index in [0.29, 0.717) is 18.5 Å². The summed E-state index contributed by atoms with van der Waals surface area (Å²) >= 11 is 0. The predicted octanol–water partition coefficient (Wildman–Crippen LogP) is -5.31. The van der Waals surface area contributed by atoms with E-state index in [1.54, 1.807) is 27.7 Å². The van der Waals surface area contributed by atoms with Crippen molar-refractivity contribution in [3.8, 4) is 0 Å². The van der Waals surface area contributed by atoms with Crippen LogP contribution >= 0.6 is 0 Å². The number of aromatic nitrogens is 2. The SMILES string of the molecule is CC[C@H](C)[C@H](NC(=O)[C@H](CCCCN)NC(=O)[C@H](CC(=O)O)NC(=O)[C@H](CCC(N)=O)NC(=O)[C@@H](N)Cc1cnc[nH]1)C(=O)N[C@@H](CO)C(=O)N[C@@H](CO)C(=O)N[C@@H](CC(C)C)C(=O)N1CCC[C@H]1C(=O)O. The summed E-state index contributed by atoms with van der Waals surface area (Å²) in [7, 11) is 0. The van der Waals surface area contributed by atoms with Gasteiger partial charge in [0.05, 0.1) is 32.0 Å². The normalized spacial score (nSPS) is 17.1.